The Bertz CT molecular complexity index is 1530. The minimum atomic E-state index is -0.654. The van der Waals surface area contributed by atoms with Gasteiger partial charge in [-0.3, -0.25) is 14.3 Å². The maximum Gasteiger partial charge on any atom is 0.438 e. The Morgan fingerprint density at radius 2 is 1.89 bits per heavy atom. The molecule has 2 aliphatic rings. The molecule has 8 nitrogen and oxygen atoms in total. The van der Waals surface area contributed by atoms with Crippen LogP contribution >= 0.6 is 0 Å². The topological polar surface area (TPSA) is 93.4 Å². The molecule has 3 heterocycles. The summed E-state index contributed by atoms with van der Waals surface area (Å²) in [5.41, 5.74) is 2.74. The van der Waals surface area contributed by atoms with Gasteiger partial charge in [0.2, 0.25) is 0 Å². The summed E-state index contributed by atoms with van der Waals surface area (Å²) in [6.45, 7) is 7.12. The van der Waals surface area contributed by atoms with Gasteiger partial charge in [-0.1, -0.05) is 36.3 Å². The fraction of sp³-hybridized carbons (Fsp3) is 0.414. The van der Waals surface area contributed by atoms with Gasteiger partial charge in [0.25, 0.3) is 5.91 Å². The summed E-state index contributed by atoms with van der Waals surface area (Å²) in [5, 5.41) is 5.07. The van der Waals surface area contributed by atoms with E-state index in [0.717, 1.165) is 42.5 Å². The molecule has 1 aliphatic heterocycles. The molecule has 192 valence electrons. The van der Waals surface area contributed by atoms with E-state index < -0.39 is 11.3 Å². The maximum atomic E-state index is 14.0. The second kappa shape index (κ2) is 8.45. The van der Waals surface area contributed by atoms with Crippen LogP contribution in [-0.4, -0.2) is 39.9 Å². The maximum absolute atomic E-state index is 14.0. The minimum absolute atomic E-state index is 0.125. The molecular weight excluding hydrogens is 468 g/mol. The van der Waals surface area contributed by atoms with Gasteiger partial charge in [0.05, 0.1) is 5.60 Å². The van der Waals surface area contributed by atoms with Crippen molar-refractivity contribution < 1.29 is 14.1 Å². The standard InChI is InChI=1S/C29H32N4O4/c1-18-16-29(18,26-30-27(35)37-31-26)33-23-11-10-19(20-12-13-36-28(2,3)17-20)14-21(23)15-24(33)25(34)32(4)22-8-6-5-7-9-22/h5-11,14-15,18,20H,12-13,16-17H2,1-4H3,(H,30,31,35)/t18-,20-,29+/m0/s1. The molecule has 2 fully saturated rings. The van der Waals surface area contributed by atoms with Gasteiger partial charge in [-0.2, -0.15) is 0 Å². The van der Waals surface area contributed by atoms with Crippen LogP contribution in [0, 0.1) is 5.92 Å². The van der Waals surface area contributed by atoms with E-state index in [1.807, 2.05) is 36.4 Å². The lowest BCUT2D eigenvalue weighted by atomic mass is 9.83. The summed E-state index contributed by atoms with van der Waals surface area (Å²) >= 11 is 0. The van der Waals surface area contributed by atoms with Crippen LogP contribution in [0.5, 0.6) is 0 Å². The zero-order valence-corrected chi connectivity index (χ0v) is 21.7. The number of carbonyl (C=O) groups excluding carboxylic acids is 1. The molecule has 3 atom stereocenters. The average Bonchev–Trinajstić information content (AvgIpc) is 3.19. The van der Waals surface area contributed by atoms with Crippen LogP contribution in [0.15, 0.2) is 63.9 Å². The largest absolute Gasteiger partial charge is 0.438 e. The van der Waals surface area contributed by atoms with Crippen molar-refractivity contribution in [2.45, 2.75) is 57.1 Å². The number of nitrogens with zero attached hydrogens (tertiary/aromatic N) is 3. The van der Waals surface area contributed by atoms with E-state index in [2.05, 4.69) is 53.7 Å². The summed E-state index contributed by atoms with van der Waals surface area (Å²) in [6.07, 6.45) is 2.66. The molecule has 8 heteroatoms. The number of fused-ring (bicyclic) bond motifs is 1. The molecule has 1 amide bonds. The molecule has 1 aliphatic carbocycles. The van der Waals surface area contributed by atoms with Gasteiger partial charge in [-0.25, -0.2) is 4.79 Å². The number of rotatable bonds is 5. The molecule has 1 saturated carbocycles. The first kappa shape index (κ1) is 23.7. The molecule has 6 rings (SSSR count). The number of amides is 1. The Morgan fingerprint density at radius 1 is 1.14 bits per heavy atom. The van der Waals surface area contributed by atoms with Gasteiger partial charge in [-0.05, 0) is 80.8 Å². The van der Waals surface area contributed by atoms with E-state index in [9.17, 15) is 9.59 Å². The van der Waals surface area contributed by atoms with Gasteiger partial charge in [0.1, 0.15) is 11.2 Å². The van der Waals surface area contributed by atoms with Crippen molar-refractivity contribution in [1.29, 1.82) is 0 Å². The van der Waals surface area contributed by atoms with E-state index in [4.69, 9.17) is 9.26 Å². The lowest BCUT2D eigenvalue weighted by Crippen LogP contribution is -2.33. The molecule has 0 bridgehead atoms. The first-order valence-corrected chi connectivity index (χ1v) is 12.9. The first-order chi connectivity index (χ1) is 17.7. The predicted molar refractivity (Wildman–Crippen MR) is 141 cm³/mol. The second-order valence-electron chi connectivity index (χ2n) is 11.2. The molecule has 0 unspecified atom stereocenters. The Kier molecular flexibility index (Phi) is 5.42. The second-order valence-corrected chi connectivity index (χ2v) is 11.2. The molecule has 1 N–H and O–H groups in total. The van der Waals surface area contributed by atoms with Crippen molar-refractivity contribution >= 4 is 22.5 Å². The Morgan fingerprint density at radius 3 is 2.54 bits per heavy atom. The van der Waals surface area contributed by atoms with Crippen LogP contribution in [-0.2, 0) is 10.3 Å². The lowest BCUT2D eigenvalue weighted by molar-refractivity contribution is -0.0592. The number of carbonyl (C=O) groups is 1. The van der Waals surface area contributed by atoms with Crippen molar-refractivity contribution in [2.24, 2.45) is 5.92 Å². The highest BCUT2D eigenvalue weighted by molar-refractivity contribution is 6.08. The van der Waals surface area contributed by atoms with Gasteiger partial charge in [-0.15, -0.1) is 0 Å². The zero-order valence-electron chi connectivity index (χ0n) is 21.7. The molecule has 0 spiro atoms. The molecule has 4 aromatic rings. The summed E-state index contributed by atoms with van der Waals surface area (Å²) in [4.78, 5) is 30.3. The number of aromatic nitrogens is 3. The number of aromatic amines is 1. The Labute approximate surface area is 215 Å². The summed E-state index contributed by atoms with van der Waals surface area (Å²) in [7, 11) is 1.79. The quantitative estimate of drug-likeness (QED) is 0.414. The van der Waals surface area contributed by atoms with Crippen molar-refractivity contribution in [2.75, 3.05) is 18.6 Å². The molecular formula is C29H32N4O4. The Hall–Kier alpha value is -3.65. The van der Waals surface area contributed by atoms with Gasteiger partial charge < -0.3 is 14.2 Å². The normalized spacial score (nSPS) is 24.8. The third-order valence-corrected chi connectivity index (χ3v) is 8.18. The molecule has 0 radical (unpaired) electrons. The number of anilines is 1. The molecule has 37 heavy (non-hydrogen) atoms. The van der Waals surface area contributed by atoms with E-state index in [-0.39, 0.29) is 17.4 Å². The zero-order chi connectivity index (χ0) is 25.9. The number of H-pyrrole nitrogens is 1. The van der Waals surface area contributed by atoms with Crippen molar-refractivity contribution in [3.05, 3.63) is 82.2 Å². The monoisotopic (exact) mass is 500 g/mol. The smallest absolute Gasteiger partial charge is 0.376 e. The van der Waals surface area contributed by atoms with Crippen LogP contribution < -0.4 is 10.7 Å². The predicted octanol–water partition coefficient (Wildman–Crippen LogP) is 5.05. The molecule has 1 saturated heterocycles. The number of benzene rings is 2. The number of hydrogen-bond donors (Lipinski definition) is 1. The average molecular weight is 501 g/mol. The number of ether oxygens (including phenoxy) is 1. The third-order valence-electron chi connectivity index (χ3n) is 8.18. The molecule has 2 aromatic carbocycles. The van der Waals surface area contributed by atoms with Crippen molar-refractivity contribution in [1.82, 2.24) is 14.7 Å². The van der Waals surface area contributed by atoms with E-state index in [1.165, 1.54) is 5.56 Å². The molecule has 2 aromatic heterocycles. The van der Waals surface area contributed by atoms with Gasteiger partial charge >= 0.3 is 5.76 Å². The number of hydrogen-bond acceptors (Lipinski definition) is 5. The lowest BCUT2D eigenvalue weighted by Gasteiger charge is -2.35. The Balaban J connectivity index is 1.51. The fourth-order valence-electron chi connectivity index (χ4n) is 6.10. The highest BCUT2D eigenvalue weighted by Crippen LogP contribution is 2.56. The van der Waals surface area contributed by atoms with Crippen LogP contribution in [0.4, 0.5) is 5.69 Å². The van der Waals surface area contributed by atoms with Crippen LogP contribution in [0.1, 0.15) is 67.8 Å². The van der Waals surface area contributed by atoms with Crippen molar-refractivity contribution in [3.8, 4) is 0 Å². The van der Waals surface area contributed by atoms with Gasteiger partial charge in [0.15, 0.2) is 5.82 Å². The van der Waals surface area contributed by atoms with Gasteiger partial charge in [0, 0.05) is 30.2 Å². The highest BCUT2D eigenvalue weighted by atomic mass is 16.5. The fourth-order valence-corrected chi connectivity index (χ4v) is 6.10. The van der Waals surface area contributed by atoms with E-state index in [0.29, 0.717) is 17.4 Å². The SMILES string of the molecule is C[C@H]1C[C@@]1(c1noc(=O)[nH]1)n1c(C(=O)N(C)c2ccccc2)cc2cc([C@H]3CCOC(C)(C)C3)ccc21. The van der Waals surface area contributed by atoms with E-state index in [1.54, 1.807) is 11.9 Å². The highest BCUT2D eigenvalue weighted by Gasteiger charge is 2.59. The third kappa shape index (κ3) is 3.91. The van der Waals surface area contributed by atoms with Crippen LogP contribution in [0.3, 0.4) is 0 Å². The van der Waals surface area contributed by atoms with E-state index >= 15 is 0 Å². The van der Waals surface area contributed by atoms with Crippen LogP contribution in [0.25, 0.3) is 10.9 Å². The van der Waals surface area contributed by atoms with Crippen LogP contribution in [0.2, 0.25) is 0 Å². The van der Waals surface area contributed by atoms with Crippen molar-refractivity contribution in [3.63, 3.8) is 0 Å². The first-order valence-electron chi connectivity index (χ1n) is 12.9. The summed E-state index contributed by atoms with van der Waals surface area (Å²) < 4.78 is 12.9. The summed E-state index contributed by atoms with van der Waals surface area (Å²) in [6, 6.07) is 18.1. The number of nitrogens with one attached hydrogen (secondary N) is 1. The minimum Gasteiger partial charge on any atom is -0.376 e. The summed E-state index contributed by atoms with van der Waals surface area (Å²) in [5.74, 6) is 0.287. The number of para-hydroxylation sites is 1.